The predicted octanol–water partition coefficient (Wildman–Crippen LogP) is 0.946. The molecule has 0 aliphatic carbocycles. The molecule has 0 radical (unpaired) electrons. The Balaban J connectivity index is 2.99. The van der Waals surface area contributed by atoms with Gasteiger partial charge < -0.3 is 0 Å². The molecule has 13 heavy (non-hydrogen) atoms. The largest absolute Gasteiger partial charge is 0.285 e. The second kappa shape index (κ2) is 3.56. The van der Waals surface area contributed by atoms with Crippen molar-refractivity contribution >= 4 is 10.1 Å². The summed E-state index contributed by atoms with van der Waals surface area (Å²) in [5.74, 6) is -0.456. The fourth-order valence-corrected chi connectivity index (χ4v) is 1.54. The minimum Gasteiger partial charge on any atom is -0.285 e. The summed E-state index contributed by atoms with van der Waals surface area (Å²) >= 11 is 0. The Hall–Kier alpha value is -1.38. The summed E-state index contributed by atoms with van der Waals surface area (Å²) in [5, 5.41) is 8.50. The molecule has 0 fully saturated rings. The van der Waals surface area contributed by atoms with Gasteiger partial charge in [0.2, 0.25) is 0 Å². The van der Waals surface area contributed by atoms with E-state index in [1.54, 1.807) is 12.1 Å². The molecule has 0 saturated heterocycles. The summed E-state index contributed by atoms with van der Waals surface area (Å²) in [6.07, 6.45) is 0. The molecule has 0 heterocycles. The molecule has 1 N–H and O–H groups in total. The molecule has 5 heteroatoms. The predicted molar refractivity (Wildman–Crippen MR) is 46.4 cm³/mol. The van der Waals surface area contributed by atoms with Crippen molar-refractivity contribution in [2.75, 3.05) is 0 Å². The van der Waals surface area contributed by atoms with Gasteiger partial charge in [0.05, 0.1) is 11.6 Å². The molecule has 0 bridgehead atoms. The lowest BCUT2D eigenvalue weighted by Gasteiger charge is -1.97. The molecule has 0 saturated carbocycles. The average molecular weight is 197 g/mol. The molecule has 0 unspecified atom stereocenters. The van der Waals surface area contributed by atoms with Gasteiger partial charge in [0, 0.05) is 0 Å². The zero-order valence-electron chi connectivity index (χ0n) is 6.64. The summed E-state index contributed by atoms with van der Waals surface area (Å²) < 4.78 is 29.5. The highest BCUT2D eigenvalue weighted by Crippen LogP contribution is 2.07. The van der Waals surface area contributed by atoms with Crippen molar-refractivity contribution in [3.63, 3.8) is 0 Å². The molecule has 0 aliphatic heterocycles. The monoisotopic (exact) mass is 197 g/mol. The molecule has 0 atom stereocenters. The van der Waals surface area contributed by atoms with Crippen LogP contribution in [0.15, 0.2) is 24.3 Å². The fraction of sp³-hybridized carbons (Fsp3) is 0.125. The standard InChI is InChI=1S/C8H7NO3S/c9-5-7-2-1-3-8(4-7)6-13(10,11)12/h1-4H,6H2,(H,10,11,12). The van der Waals surface area contributed by atoms with E-state index in [2.05, 4.69) is 0 Å². The Kier molecular flexibility index (Phi) is 2.66. The lowest BCUT2D eigenvalue weighted by Crippen LogP contribution is -2.01. The van der Waals surface area contributed by atoms with Crippen molar-refractivity contribution in [3.8, 4) is 6.07 Å². The Bertz CT molecular complexity index is 445. The number of nitriles is 1. The Labute approximate surface area is 76.2 Å². The van der Waals surface area contributed by atoms with Gasteiger partial charge in [0.1, 0.15) is 5.75 Å². The summed E-state index contributed by atoms with van der Waals surface area (Å²) in [6, 6.07) is 7.97. The van der Waals surface area contributed by atoms with Crippen LogP contribution in [0.1, 0.15) is 11.1 Å². The van der Waals surface area contributed by atoms with E-state index in [0.717, 1.165) is 0 Å². The highest BCUT2D eigenvalue weighted by Gasteiger charge is 2.06. The lowest BCUT2D eigenvalue weighted by atomic mass is 10.2. The molecule has 0 spiro atoms. The Morgan fingerprint density at radius 1 is 1.46 bits per heavy atom. The maximum absolute atomic E-state index is 10.5. The van der Waals surface area contributed by atoms with Gasteiger partial charge in [-0.2, -0.15) is 13.7 Å². The van der Waals surface area contributed by atoms with Crippen molar-refractivity contribution in [1.82, 2.24) is 0 Å². The maximum Gasteiger partial charge on any atom is 0.269 e. The average Bonchev–Trinajstić information content (AvgIpc) is 2.01. The summed E-state index contributed by atoms with van der Waals surface area (Å²) in [7, 11) is -4.01. The highest BCUT2D eigenvalue weighted by molar-refractivity contribution is 7.85. The summed E-state index contributed by atoms with van der Waals surface area (Å²) in [5.41, 5.74) is 0.780. The SMILES string of the molecule is N#Cc1cccc(CS(=O)(=O)O)c1. The van der Waals surface area contributed by atoms with Crippen LogP contribution in [0, 0.1) is 11.3 Å². The number of nitrogens with zero attached hydrogens (tertiary/aromatic N) is 1. The van der Waals surface area contributed by atoms with E-state index in [1.165, 1.54) is 12.1 Å². The van der Waals surface area contributed by atoms with Gasteiger partial charge in [-0.05, 0) is 17.7 Å². The maximum atomic E-state index is 10.5. The first kappa shape index (κ1) is 9.71. The quantitative estimate of drug-likeness (QED) is 0.716. The van der Waals surface area contributed by atoms with Crippen molar-refractivity contribution < 1.29 is 13.0 Å². The molecule has 4 nitrogen and oxygen atoms in total. The molecule has 0 aromatic heterocycles. The van der Waals surface area contributed by atoms with E-state index < -0.39 is 15.9 Å². The van der Waals surface area contributed by atoms with Crippen LogP contribution in [-0.2, 0) is 15.9 Å². The lowest BCUT2D eigenvalue weighted by molar-refractivity contribution is 0.482. The van der Waals surface area contributed by atoms with E-state index in [1.807, 2.05) is 6.07 Å². The van der Waals surface area contributed by atoms with Crippen molar-refractivity contribution in [1.29, 1.82) is 5.26 Å². The molecular weight excluding hydrogens is 190 g/mol. The molecule has 0 aliphatic rings. The normalized spacial score (nSPS) is 10.8. The van der Waals surface area contributed by atoms with E-state index in [4.69, 9.17) is 9.81 Å². The molecule has 68 valence electrons. The minimum atomic E-state index is -4.01. The van der Waals surface area contributed by atoms with Gasteiger partial charge in [-0.1, -0.05) is 12.1 Å². The van der Waals surface area contributed by atoms with Crippen LogP contribution in [0.5, 0.6) is 0 Å². The molecule has 0 amide bonds. The first-order chi connectivity index (χ1) is 6.01. The number of rotatable bonds is 2. The van der Waals surface area contributed by atoms with Crippen LogP contribution in [0.3, 0.4) is 0 Å². The third kappa shape index (κ3) is 3.23. The van der Waals surface area contributed by atoms with Gasteiger partial charge in [0.25, 0.3) is 10.1 Å². The van der Waals surface area contributed by atoms with E-state index in [0.29, 0.717) is 11.1 Å². The van der Waals surface area contributed by atoms with Gasteiger partial charge in [-0.15, -0.1) is 0 Å². The van der Waals surface area contributed by atoms with E-state index in [9.17, 15) is 8.42 Å². The molecule has 1 rings (SSSR count). The molecule has 1 aromatic rings. The third-order valence-electron chi connectivity index (χ3n) is 1.41. The van der Waals surface area contributed by atoms with Gasteiger partial charge in [-0.3, -0.25) is 4.55 Å². The zero-order valence-corrected chi connectivity index (χ0v) is 7.45. The number of benzene rings is 1. The topological polar surface area (TPSA) is 78.2 Å². The van der Waals surface area contributed by atoms with Crippen LogP contribution in [-0.4, -0.2) is 13.0 Å². The number of hydrogen-bond acceptors (Lipinski definition) is 3. The van der Waals surface area contributed by atoms with Crippen LogP contribution >= 0.6 is 0 Å². The number of hydrogen-bond donors (Lipinski definition) is 1. The van der Waals surface area contributed by atoms with Crippen molar-refractivity contribution in [2.24, 2.45) is 0 Å². The fourth-order valence-electron chi connectivity index (χ4n) is 0.941. The van der Waals surface area contributed by atoms with Crippen LogP contribution in [0.2, 0.25) is 0 Å². The van der Waals surface area contributed by atoms with E-state index in [-0.39, 0.29) is 0 Å². The Morgan fingerprint density at radius 2 is 2.15 bits per heavy atom. The summed E-state index contributed by atoms with van der Waals surface area (Å²) in [4.78, 5) is 0. The first-order valence-corrected chi connectivity index (χ1v) is 5.06. The van der Waals surface area contributed by atoms with Gasteiger partial charge >= 0.3 is 0 Å². The third-order valence-corrected chi connectivity index (χ3v) is 2.10. The highest BCUT2D eigenvalue weighted by atomic mass is 32.2. The van der Waals surface area contributed by atoms with Gasteiger partial charge in [-0.25, -0.2) is 0 Å². The van der Waals surface area contributed by atoms with Crippen molar-refractivity contribution in [3.05, 3.63) is 35.4 Å². The molecule has 1 aromatic carbocycles. The van der Waals surface area contributed by atoms with Gasteiger partial charge in [0.15, 0.2) is 0 Å². The second-order valence-electron chi connectivity index (χ2n) is 2.54. The summed E-state index contributed by atoms with van der Waals surface area (Å²) in [6.45, 7) is 0. The second-order valence-corrected chi connectivity index (χ2v) is 3.99. The van der Waals surface area contributed by atoms with Crippen LogP contribution in [0.4, 0.5) is 0 Å². The van der Waals surface area contributed by atoms with Crippen molar-refractivity contribution in [2.45, 2.75) is 5.75 Å². The Morgan fingerprint density at radius 3 is 2.69 bits per heavy atom. The molecular formula is C8H7NO3S. The zero-order chi connectivity index (χ0) is 9.90. The van der Waals surface area contributed by atoms with E-state index >= 15 is 0 Å². The first-order valence-electron chi connectivity index (χ1n) is 3.45. The van der Waals surface area contributed by atoms with Crippen LogP contribution < -0.4 is 0 Å². The minimum absolute atomic E-state index is 0.376. The smallest absolute Gasteiger partial charge is 0.269 e. The van der Waals surface area contributed by atoms with Crippen LogP contribution in [0.25, 0.3) is 0 Å².